The minimum absolute atomic E-state index is 0. The van der Waals surface area contributed by atoms with Crippen LogP contribution in [-0.2, 0) is 0 Å². The maximum atomic E-state index is 10.6. The molecule has 276 valence electrons. The zero-order valence-electron chi connectivity index (χ0n) is 28.5. The Balaban J connectivity index is 0.000000646. The molecule has 6 aromatic heterocycles. The fourth-order valence-corrected chi connectivity index (χ4v) is 4.31. The van der Waals surface area contributed by atoms with Gasteiger partial charge in [-0.25, -0.2) is 13.5 Å². The maximum absolute atomic E-state index is 10.6. The van der Waals surface area contributed by atoms with E-state index in [1.165, 1.54) is 11.8 Å². The average Bonchev–Trinajstić information content (AvgIpc) is 3.85. The number of aryl methyl sites for hydroxylation is 2. The number of terminal acetylenes is 2. The molecule has 0 amide bonds. The van der Waals surface area contributed by atoms with Gasteiger partial charge in [-0.3, -0.25) is 14.4 Å². The van der Waals surface area contributed by atoms with E-state index in [2.05, 4.69) is 81.4 Å². The van der Waals surface area contributed by atoms with Gasteiger partial charge in [-0.2, -0.15) is 15.3 Å². The average molecular weight is 794 g/mol. The van der Waals surface area contributed by atoms with Crippen molar-refractivity contribution in [3.05, 3.63) is 142 Å². The molecule has 0 radical (unpaired) electrons. The largest absolute Gasteiger partial charge is 0.298 e. The quantitative estimate of drug-likeness (QED) is 0.100. The molecule has 0 aliphatic rings. The van der Waals surface area contributed by atoms with Gasteiger partial charge in [0, 0.05) is 28.6 Å². The summed E-state index contributed by atoms with van der Waals surface area (Å²) in [7, 11) is -1.10. The molecular weight excluding hydrogens is 744 g/mol. The number of aromatic nitrogens is 6. The predicted molar refractivity (Wildman–Crippen MR) is 226 cm³/mol. The third kappa shape index (κ3) is 14.3. The van der Waals surface area contributed by atoms with Crippen LogP contribution in [0.3, 0.4) is 0 Å². The highest BCUT2D eigenvalue weighted by Gasteiger charge is 2.06. The normalized spacial score (nSPS) is 9.43. The molecule has 6 heterocycles. The lowest BCUT2D eigenvalue weighted by atomic mass is 10.2. The number of halogens is 1. The van der Waals surface area contributed by atoms with E-state index < -0.39 is 8.07 Å². The van der Waals surface area contributed by atoms with Gasteiger partial charge in [0.1, 0.15) is 8.07 Å². The Bertz CT molecular complexity index is 2200. The zero-order chi connectivity index (χ0) is 36.7. The van der Waals surface area contributed by atoms with Crippen molar-refractivity contribution in [2.75, 3.05) is 0 Å². The van der Waals surface area contributed by atoms with Gasteiger partial charge < -0.3 is 0 Å². The van der Waals surface area contributed by atoms with Gasteiger partial charge in [-0.05, 0) is 55.8 Å². The van der Waals surface area contributed by atoms with E-state index >= 15 is 0 Å². The van der Waals surface area contributed by atoms with E-state index in [-0.39, 0.29) is 22.3 Å². The Kier molecular flexibility index (Phi) is 20.3. The summed E-state index contributed by atoms with van der Waals surface area (Å²) in [5.41, 5.74) is 10.2. The molecule has 0 saturated carbocycles. The van der Waals surface area contributed by atoms with Crippen molar-refractivity contribution in [3.8, 4) is 24.3 Å². The molecule has 0 spiro atoms. The van der Waals surface area contributed by atoms with E-state index in [1.54, 1.807) is 50.5 Å². The monoisotopic (exact) mass is 792 g/mol. The van der Waals surface area contributed by atoms with Crippen molar-refractivity contribution < 1.29 is 14.4 Å². The van der Waals surface area contributed by atoms with Gasteiger partial charge in [-0.15, -0.1) is 18.4 Å². The lowest BCUT2D eigenvalue weighted by molar-refractivity contribution is 0.111. The van der Waals surface area contributed by atoms with Crippen LogP contribution < -0.4 is 0 Å². The third-order valence-electron chi connectivity index (χ3n) is 6.69. The molecule has 9 nitrogen and oxygen atoms in total. The summed E-state index contributed by atoms with van der Waals surface area (Å²) in [5.74, 6) is 2.50. The number of pyridine rings is 3. The molecule has 7 aromatic rings. The molecule has 11 heteroatoms. The highest BCUT2D eigenvalue weighted by atomic mass is 79.9. The molecule has 7 rings (SSSR count). The summed E-state index contributed by atoms with van der Waals surface area (Å²) in [6, 6.07) is 21.4. The first-order valence-corrected chi connectivity index (χ1v) is 19.6. The van der Waals surface area contributed by atoms with E-state index in [4.69, 9.17) is 12.8 Å². The minimum atomic E-state index is -1.10. The number of hydrogen-bond acceptors (Lipinski definition) is 6. The van der Waals surface area contributed by atoms with Gasteiger partial charge in [0.25, 0.3) is 0 Å². The van der Waals surface area contributed by atoms with Gasteiger partial charge in [-0.1, -0.05) is 99.7 Å². The van der Waals surface area contributed by atoms with E-state index in [0.29, 0.717) is 16.7 Å². The number of carbonyl (C=O) groups excluding carboxylic acids is 3. The van der Waals surface area contributed by atoms with Crippen LogP contribution >= 0.6 is 15.9 Å². The maximum Gasteiger partial charge on any atom is 0.153 e. The Labute approximate surface area is 323 Å². The number of aldehydes is 3. The third-order valence-corrected chi connectivity index (χ3v) is 8.05. The number of hydrogen-bond donors (Lipinski definition) is 0. The highest BCUT2D eigenvalue weighted by molar-refractivity contribution is 9.10. The van der Waals surface area contributed by atoms with Gasteiger partial charge in [0.2, 0.25) is 0 Å². The SMILES string of the molecule is C.C.C.C#C[Si](C)(C)C.C#Cc1ccn2ncc(C=O)c2c1.Cc1ccccc1.Cc1ccn2ncc(C=O)c2c1.O=Cc1cnn2ccc(Br)cc12. The molecular formula is C42H49BrN6O3Si. The first-order chi connectivity index (χ1) is 23.9. The Morgan fingerprint density at radius 1 is 0.623 bits per heavy atom. The molecule has 0 saturated heterocycles. The fraction of sp³-hybridized carbons (Fsp3) is 0.190. The molecule has 0 bridgehead atoms. The first kappa shape index (κ1) is 47.1. The van der Waals surface area contributed by atoms with Crippen LogP contribution in [0.2, 0.25) is 19.6 Å². The summed E-state index contributed by atoms with van der Waals surface area (Å²) in [6.07, 6.45) is 22.8. The molecule has 0 aliphatic heterocycles. The zero-order valence-corrected chi connectivity index (χ0v) is 31.1. The lowest BCUT2D eigenvalue weighted by Gasteiger charge is -2.00. The van der Waals surface area contributed by atoms with E-state index in [0.717, 1.165) is 51.0 Å². The first-order valence-electron chi connectivity index (χ1n) is 15.3. The number of benzene rings is 1. The van der Waals surface area contributed by atoms with E-state index in [9.17, 15) is 14.4 Å². The topological polar surface area (TPSA) is 103 Å². The lowest BCUT2D eigenvalue weighted by Crippen LogP contribution is -2.15. The number of nitrogens with zero attached hydrogens (tertiary/aromatic N) is 6. The summed E-state index contributed by atoms with van der Waals surface area (Å²) in [6.45, 7) is 10.5. The van der Waals surface area contributed by atoms with Crippen LogP contribution in [0.25, 0.3) is 16.6 Å². The second kappa shape index (κ2) is 22.8. The minimum Gasteiger partial charge on any atom is -0.298 e. The van der Waals surface area contributed by atoms with Crippen molar-refractivity contribution in [2.45, 2.75) is 55.8 Å². The second-order valence-electron chi connectivity index (χ2n) is 11.8. The molecule has 53 heavy (non-hydrogen) atoms. The Hall–Kier alpha value is -5.88. The van der Waals surface area contributed by atoms with Crippen molar-refractivity contribution in [3.63, 3.8) is 0 Å². The number of rotatable bonds is 3. The van der Waals surface area contributed by atoms with Crippen LogP contribution in [0.1, 0.15) is 70.0 Å². The number of fused-ring (bicyclic) bond motifs is 3. The molecule has 0 aliphatic carbocycles. The number of carbonyl (C=O) groups is 3. The van der Waals surface area contributed by atoms with Crippen LogP contribution in [0, 0.1) is 38.2 Å². The summed E-state index contributed by atoms with van der Waals surface area (Å²) in [5, 5.41) is 12.0. The van der Waals surface area contributed by atoms with Crippen molar-refractivity contribution >= 4 is 59.4 Å². The standard InChI is InChI=1S/C10H6N2O.C9H8N2O.C8H5BrN2O.C7H8.C5H10Si.3CH4/c1-2-8-3-4-12-10(5-8)9(7-13)6-11-12;1-7-2-3-11-9(4-7)8(6-12)5-10-11;9-7-1-2-11-8(3-7)6(5-12)4-10-11;1-7-5-3-2-4-6-7;1-5-6(2,3)4;;;/h1,3-7H;2-6H,1H3;1-5H;2-6H,1H3;1H,2-4H3;3*1H4. The van der Waals surface area contributed by atoms with Crippen LogP contribution in [-0.4, -0.2) is 55.8 Å². The van der Waals surface area contributed by atoms with Gasteiger partial charge >= 0.3 is 0 Å². The second-order valence-corrected chi connectivity index (χ2v) is 17.5. The Morgan fingerprint density at radius 2 is 1.04 bits per heavy atom. The van der Waals surface area contributed by atoms with Crippen molar-refractivity contribution in [1.82, 2.24) is 28.8 Å². The van der Waals surface area contributed by atoms with Crippen LogP contribution in [0.15, 0.2) is 108 Å². The summed E-state index contributed by atoms with van der Waals surface area (Å²) < 4.78 is 5.91. The molecule has 0 fully saturated rings. The smallest absolute Gasteiger partial charge is 0.153 e. The Morgan fingerprint density at radius 3 is 1.43 bits per heavy atom. The summed E-state index contributed by atoms with van der Waals surface area (Å²) in [4.78, 5) is 31.6. The van der Waals surface area contributed by atoms with Gasteiger partial charge in [0.15, 0.2) is 18.9 Å². The summed E-state index contributed by atoms with van der Waals surface area (Å²) >= 11 is 3.32. The predicted octanol–water partition coefficient (Wildman–Crippen LogP) is 9.89. The van der Waals surface area contributed by atoms with Crippen LogP contribution in [0.4, 0.5) is 0 Å². The van der Waals surface area contributed by atoms with E-state index in [1.807, 2.05) is 55.6 Å². The molecule has 0 atom stereocenters. The molecule has 0 unspecified atom stereocenters. The van der Waals surface area contributed by atoms with Crippen molar-refractivity contribution in [1.29, 1.82) is 0 Å². The molecule has 1 aromatic carbocycles. The fourth-order valence-electron chi connectivity index (χ4n) is 3.98. The van der Waals surface area contributed by atoms with Gasteiger partial charge in [0.05, 0.1) is 51.8 Å². The van der Waals surface area contributed by atoms with Crippen molar-refractivity contribution in [2.24, 2.45) is 0 Å². The highest BCUT2D eigenvalue weighted by Crippen LogP contribution is 2.15. The van der Waals surface area contributed by atoms with Crippen LogP contribution in [0.5, 0.6) is 0 Å². The molecule has 0 N–H and O–H groups in total.